The van der Waals surface area contributed by atoms with Gasteiger partial charge in [0.15, 0.2) is 11.5 Å². The van der Waals surface area contributed by atoms with Gasteiger partial charge in [0.05, 0.1) is 0 Å². The van der Waals surface area contributed by atoms with Crippen molar-refractivity contribution in [1.82, 2.24) is 5.32 Å². The number of carbonyl (C=O) groups is 1. The van der Waals surface area contributed by atoms with Crippen LogP contribution in [0.2, 0.25) is 0 Å². The van der Waals surface area contributed by atoms with E-state index in [1.165, 1.54) is 6.92 Å². The van der Waals surface area contributed by atoms with Gasteiger partial charge in [0.2, 0.25) is 12.7 Å². The fraction of sp³-hybridized carbons (Fsp3) is 0.462. The first-order chi connectivity index (χ1) is 9.85. The average molecular weight is 305 g/mol. The molecule has 1 aliphatic heterocycles. The summed E-state index contributed by atoms with van der Waals surface area (Å²) in [5.41, 5.74) is 0.746. The number of hydrogen-bond donors (Lipinski definition) is 1. The Labute approximate surface area is 119 Å². The quantitative estimate of drug-likeness (QED) is 0.904. The molecule has 21 heavy (non-hydrogen) atoms. The van der Waals surface area contributed by atoms with Crippen molar-refractivity contribution in [3.05, 3.63) is 23.8 Å². The van der Waals surface area contributed by atoms with E-state index in [9.17, 15) is 18.0 Å². The summed E-state index contributed by atoms with van der Waals surface area (Å²) in [5.74, 6) is 0.576. The molecule has 1 atom stereocenters. The van der Waals surface area contributed by atoms with E-state index >= 15 is 0 Å². The monoisotopic (exact) mass is 305 g/mol. The number of amides is 1. The van der Waals surface area contributed by atoms with Gasteiger partial charge in [-0.2, -0.15) is 13.2 Å². The SMILES string of the molecule is C[C@@H](OCC(F)(F)F)C(=O)NCc1ccc2c(c1)OCO2. The molecule has 1 aliphatic rings. The Morgan fingerprint density at radius 1 is 1.38 bits per heavy atom. The predicted octanol–water partition coefficient (Wildman–Crippen LogP) is 2.00. The van der Waals surface area contributed by atoms with Crippen molar-refractivity contribution in [2.24, 2.45) is 0 Å². The molecule has 5 nitrogen and oxygen atoms in total. The second kappa shape index (κ2) is 6.21. The number of nitrogens with one attached hydrogen (secondary N) is 1. The third kappa shape index (κ3) is 4.52. The molecule has 1 amide bonds. The maximum absolute atomic E-state index is 12.0. The van der Waals surface area contributed by atoms with Gasteiger partial charge in [-0.25, -0.2) is 0 Å². The third-order valence-corrected chi connectivity index (χ3v) is 2.77. The second-order valence-electron chi connectivity index (χ2n) is 4.47. The molecule has 0 aromatic heterocycles. The highest BCUT2D eigenvalue weighted by Gasteiger charge is 2.29. The molecule has 0 bridgehead atoms. The first-order valence-electron chi connectivity index (χ1n) is 6.20. The Bertz CT molecular complexity index is 519. The van der Waals surface area contributed by atoms with Gasteiger partial charge in [-0.15, -0.1) is 0 Å². The van der Waals surface area contributed by atoms with E-state index in [0.29, 0.717) is 11.5 Å². The van der Waals surface area contributed by atoms with Gasteiger partial charge in [0.1, 0.15) is 12.7 Å². The second-order valence-corrected chi connectivity index (χ2v) is 4.47. The molecule has 0 radical (unpaired) electrons. The van der Waals surface area contributed by atoms with Crippen molar-refractivity contribution >= 4 is 5.91 Å². The van der Waals surface area contributed by atoms with Crippen LogP contribution in [0.25, 0.3) is 0 Å². The minimum atomic E-state index is -4.45. The van der Waals surface area contributed by atoms with Gasteiger partial charge in [0, 0.05) is 6.54 Å². The third-order valence-electron chi connectivity index (χ3n) is 2.77. The molecular formula is C13H14F3NO4. The molecule has 1 heterocycles. The van der Waals surface area contributed by atoms with Crippen LogP contribution in [0.4, 0.5) is 13.2 Å². The fourth-order valence-corrected chi connectivity index (χ4v) is 1.68. The molecule has 1 aromatic rings. The van der Waals surface area contributed by atoms with Gasteiger partial charge >= 0.3 is 6.18 Å². The zero-order valence-corrected chi connectivity index (χ0v) is 11.2. The van der Waals surface area contributed by atoms with Gasteiger partial charge < -0.3 is 19.5 Å². The van der Waals surface area contributed by atoms with Crippen LogP contribution >= 0.6 is 0 Å². The summed E-state index contributed by atoms with van der Waals surface area (Å²) in [7, 11) is 0. The van der Waals surface area contributed by atoms with E-state index in [4.69, 9.17) is 9.47 Å². The van der Waals surface area contributed by atoms with Crippen molar-refractivity contribution < 1.29 is 32.2 Å². The fourth-order valence-electron chi connectivity index (χ4n) is 1.68. The number of ether oxygens (including phenoxy) is 3. The van der Waals surface area contributed by atoms with Gasteiger partial charge in [-0.05, 0) is 24.6 Å². The number of hydrogen-bond acceptors (Lipinski definition) is 4. The summed E-state index contributed by atoms with van der Waals surface area (Å²) >= 11 is 0. The number of halogens is 3. The topological polar surface area (TPSA) is 56.8 Å². The van der Waals surface area contributed by atoms with Crippen LogP contribution in [-0.2, 0) is 16.1 Å². The molecule has 1 aromatic carbocycles. The summed E-state index contributed by atoms with van der Waals surface area (Å²) in [6, 6.07) is 5.13. The summed E-state index contributed by atoms with van der Waals surface area (Å²) in [4.78, 5) is 11.6. The molecule has 116 valence electrons. The van der Waals surface area contributed by atoms with E-state index in [-0.39, 0.29) is 13.3 Å². The number of alkyl halides is 3. The minimum Gasteiger partial charge on any atom is -0.454 e. The van der Waals surface area contributed by atoms with Crippen LogP contribution in [0.3, 0.4) is 0 Å². The summed E-state index contributed by atoms with van der Waals surface area (Å²) in [5, 5.41) is 2.50. The van der Waals surface area contributed by atoms with Crippen molar-refractivity contribution in [2.75, 3.05) is 13.4 Å². The number of fused-ring (bicyclic) bond motifs is 1. The smallest absolute Gasteiger partial charge is 0.411 e. The van der Waals surface area contributed by atoms with Gasteiger partial charge in [-0.3, -0.25) is 4.79 Å². The van der Waals surface area contributed by atoms with E-state index in [2.05, 4.69) is 10.1 Å². The Kier molecular flexibility index (Phi) is 4.56. The van der Waals surface area contributed by atoms with E-state index in [1.54, 1.807) is 18.2 Å². The van der Waals surface area contributed by atoms with Crippen LogP contribution in [0.1, 0.15) is 12.5 Å². The largest absolute Gasteiger partial charge is 0.454 e. The summed E-state index contributed by atoms with van der Waals surface area (Å²) in [6.45, 7) is 0.120. The first kappa shape index (κ1) is 15.4. The van der Waals surface area contributed by atoms with Crippen LogP contribution in [0.15, 0.2) is 18.2 Å². The van der Waals surface area contributed by atoms with Crippen LogP contribution in [0.5, 0.6) is 11.5 Å². The summed E-state index contributed by atoms with van der Waals surface area (Å²) < 4.78 is 50.7. The van der Waals surface area contributed by atoms with Crippen molar-refractivity contribution in [3.63, 3.8) is 0 Å². The lowest BCUT2D eigenvalue weighted by atomic mass is 10.2. The zero-order chi connectivity index (χ0) is 15.5. The minimum absolute atomic E-state index is 0.146. The normalized spacial score (nSPS) is 14.9. The van der Waals surface area contributed by atoms with Crippen LogP contribution in [-0.4, -0.2) is 31.6 Å². The molecule has 0 saturated carbocycles. The van der Waals surface area contributed by atoms with Crippen molar-refractivity contribution in [3.8, 4) is 11.5 Å². The molecule has 0 unspecified atom stereocenters. The lowest BCUT2D eigenvalue weighted by Crippen LogP contribution is -2.36. The number of rotatable bonds is 5. The molecule has 0 spiro atoms. The number of benzene rings is 1. The van der Waals surface area contributed by atoms with Gasteiger partial charge in [-0.1, -0.05) is 6.07 Å². The molecule has 0 fully saturated rings. The standard InChI is InChI=1S/C13H14F3NO4/c1-8(19-6-13(14,15)16)12(18)17-5-9-2-3-10-11(4-9)21-7-20-10/h2-4,8H,5-7H2,1H3,(H,17,18)/t8-/m1/s1. The van der Waals surface area contributed by atoms with Gasteiger partial charge in [0.25, 0.3) is 0 Å². The van der Waals surface area contributed by atoms with E-state index in [1.807, 2.05) is 0 Å². The Morgan fingerprint density at radius 2 is 2.10 bits per heavy atom. The Balaban J connectivity index is 1.81. The lowest BCUT2D eigenvalue weighted by Gasteiger charge is -2.14. The number of carbonyl (C=O) groups excluding carboxylic acids is 1. The highest BCUT2D eigenvalue weighted by Crippen LogP contribution is 2.32. The summed E-state index contributed by atoms with van der Waals surface area (Å²) in [6.07, 6.45) is -5.63. The maximum Gasteiger partial charge on any atom is 0.411 e. The molecule has 1 N–H and O–H groups in total. The molecule has 0 aliphatic carbocycles. The zero-order valence-electron chi connectivity index (χ0n) is 11.2. The first-order valence-corrected chi connectivity index (χ1v) is 6.20. The highest BCUT2D eigenvalue weighted by molar-refractivity contribution is 5.80. The van der Waals surface area contributed by atoms with Crippen LogP contribution < -0.4 is 14.8 Å². The van der Waals surface area contributed by atoms with Crippen molar-refractivity contribution in [1.29, 1.82) is 0 Å². The maximum atomic E-state index is 12.0. The molecular weight excluding hydrogens is 291 g/mol. The lowest BCUT2D eigenvalue weighted by molar-refractivity contribution is -0.185. The Hall–Kier alpha value is -1.96. The van der Waals surface area contributed by atoms with E-state index in [0.717, 1.165) is 5.56 Å². The molecule has 0 saturated heterocycles. The molecule has 2 rings (SSSR count). The Morgan fingerprint density at radius 3 is 2.81 bits per heavy atom. The average Bonchev–Trinajstić information content (AvgIpc) is 2.88. The highest BCUT2D eigenvalue weighted by atomic mass is 19.4. The molecule has 8 heteroatoms. The predicted molar refractivity (Wildman–Crippen MR) is 65.9 cm³/mol. The van der Waals surface area contributed by atoms with E-state index < -0.39 is 24.8 Å². The van der Waals surface area contributed by atoms with Crippen molar-refractivity contribution in [2.45, 2.75) is 25.7 Å². The van der Waals surface area contributed by atoms with Crippen LogP contribution in [0, 0.1) is 0 Å².